The number of amides is 1. The highest BCUT2D eigenvalue weighted by Crippen LogP contribution is 2.29. The number of hydrogen-bond acceptors (Lipinski definition) is 6. The van der Waals surface area contributed by atoms with Gasteiger partial charge in [0.15, 0.2) is 11.8 Å². The maximum atomic E-state index is 13.3. The molecule has 0 aliphatic carbocycles. The third-order valence-electron chi connectivity index (χ3n) is 4.72. The first-order chi connectivity index (χ1) is 15.8. The second kappa shape index (κ2) is 9.70. The molecule has 3 aromatic rings. The largest absolute Gasteiger partial charge is 0.417 e. The summed E-state index contributed by atoms with van der Waals surface area (Å²) in [5.74, 6) is -0.711. The minimum atomic E-state index is -4.80. The fourth-order valence-electron chi connectivity index (χ4n) is 2.96. The van der Waals surface area contributed by atoms with Crippen molar-refractivity contribution in [2.75, 3.05) is 19.4 Å². The Morgan fingerprint density at radius 3 is 2.41 bits per heavy atom. The molecule has 0 fully saturated rings. The summed E-state index contributed by atoms with van der Waals surface area (Å²) in [6.45, 7) is -1.43. The van der Waals surface area contributed by atoms with Crippen molar-refractivity contribution in [1.82, 2.24) is 19.9 Å². The molecule has 0 unspecified atom stereocenters. The summed E-state index contributed by atoms with van der Waals surface area (Å²) in [6, 6.07) is 4.62. The van der Waals surface area contributed by atoms with Crippen LogP contribution in [0.3, 0.4) is 0 Å². The molecule has 182 valence electrons. The maximum Gasteiger partial charge on any atom is 0.417 e. The van der Waals surface area contributed by atoms with Crippen molar-refractivity contribution in [3.63, 3.8) is 0 Å². The summed E-state index contributed by atoms with van der Waals surface area (Å²) < 4.78 is 83.3. The van der Waals surface area contributed by atoms with Crippen molar-refractivity contribution in [3.05, 3.63) is 58.0 Å². The molecule has 2 N–H and O–H groups in total. The molecule has 0 aliphatic rings. The fourth-order valence-corrected chi connectivity index (χ4v) is 3.30. The van der Waals surface area contributed by atoms with E-state index in [0.29, 0.717) is 16.1 Å². The average Bonchev–Trinajstić information content (AvgIpc) is 2.75. The monoisotopic (exact) mass is 551 g/mol. The van der Waals surface area contributed by atoms with Crippen LogP contribution in [0.4, 0.5) is 32.2 Å². The Hall–Kier alpha value is -3.00. The molecule has 7 nitrogen and oxygen atoms in total. The number of hydrogen-bond donors (Lipinski definition) is 1. The Kier molecular flexibility index (Phi) is 7.31. The Morgan fingerprint density at radius 1 is 1.15 bits per heavy atom. The molecule has 3 heterocycles. The number of alkyl halides is 6. The second-order valence-corrected chi connectivity index (χ2v) is 7.97. The van der Waals surface area contributed by atoms with Gasteiger partial charge in [-0.1, -0.05) is 0 Å². The lowest BCUT2D eigenvalue weighted by molar-refractivity contribution is -0.215. The molecule has 14 heteroatoms. The van der Waals surface area contributed by atoms with E-state index < -0.39 is 43.0 Å². The van der Waals surface area contributed by atoms with Gasteiger partial charge in [0.05, 0.1) is 34.4 Å². The number of pyridine rings is 3. The summed E-state index contributed by atoms with van der Waals surface area (Å²) in [5.41, 5.74) is 4.74. The molecular weight excluding hydrogens is 536 g/mol. The van der Waals surface area contributed by atoms with Gasteiger partial charge in [0.2, 0.25) is 0 Å². The molecule has 34 heavy (non-hydrogen) atoms. The minimum absolute atomic E-state index is 0.0516. The number of carbonyl (C=O) groups is 1. The summed E-state index contributed by atoms with van der Waals surface area (Å²) in [4.78, 5) is 25.6. The molecular formula is C20H16BrF6N5O2. The molecule has 0 aliphatic heterocycles. The molecule has 0 saturated carbocycles. The molecule has 0 radical (unpaired) electrons. The molecule has 3 rings (SSSR count). The normalized spacial score (nSPS) is 13.2. The van der Waals surface area contributed by atoms with Crippen LogP contribution in [0.2, 0.25) is 0 Å². The molecule has 1 atom stereocenters. The van der Waals surface area contributed by atoms with Crippen molar-refractivity contribution in [1.29, 1.82) is 0 Å². The van der Waals surface area contributed by atoms with E-state index in [4.69, 9.17) is 5.73 Å². The predicted molar refractivity (Wildman–Crippen MR) is 112 cm³/mol. The zero-order chi connectivity index (χ0) is 25.3. The molecule has 1 amide bonds. The van der Waals surface area contributed by atoms with E-state index in [0.717, 1.165) is 30.3 Å². The predicted octanol–water partition coefficient (Wildman–Crippen LogP) is 4.61. The van der Waals surface area contributed by atoms with Gasteiger partial charge in [-0.15, -0.1) is 0 Å². The number of methoxy groups -OCH3 is 1. The van der Waals surface area contributed by atoms with E-state index in [9.17, 15) is 31.1 Å². The van der Waals surface area contributed by atoms with Crippen LogP contribution in [-0.2, 0) is 17.5 Å². The Labute approximate surface area is 197 Å². The van der Waals surface area contributed by atoms with Gasteiger partial charge in [0, 0.05) is 24.9 Å². The fraction of sp³-hybridized carbons (Fsp3) is 0.300. The van der Waals surface area contributed by atoms with Gasteiger partial charge < -0.3 is 15.4 Å². The van der Waals surface area contributed by atoms with Crippen molar-refractivity contribution < 1.29 is 35.9 Å². The number of nitrogens with two attached hydrogens (primary N) is 1. The highest BCUT2D eigenvalue weighted by Gasteiger charge is 2.42. The van der Waals surface area contributed by atoms with Crippen LogP contribution in [0.5, 0.6) is 0 Å². The van der Waals surface area contributed by atoms with E-state index in [1.807, 2.05) is 0 Å². The van der Waals surface area contributed by atoms with Crippen molar-refractivity contribution in [3.8, 4) is 0 Å². The number of rotatable bonds is 6. The second-order valence-electron chi connectivity index (χ2n) is 7.11. The molecule has 0 bridgehead atoms. The molecule has 0 aromatic carbocycles. The first-order valence-electron chi connectivity index (χ1n) is 9.42. The van der Waals surface area contributed by atoms with Gasteiger partial charge in [-0.2, -0.15) is 26.3 Å². The number of nitrogen functional groups attached to an aromatic ring is 1. The number of ether oxygens (including phenoxy) is 1. The first-order valence-corrected chi connectivity index (χ1v) is 10.2. The van der Waals surface area contributed by atoms with E-state index in [1.54, 1.807) is 0 Å². The number of carbonyl (C=O) groups excluding carboxylic acids is 1. The smallest absolute Gasteiger partial charge is 0.383 e. The van der Waals surface area contributed by atoms with Crippen LogP contribution in [-0.4, -0.2) is 51.7 Å². The van der Waals surface area contributed by atoms with Crippen LogP contribution >= 0.6 is 15.9 Å². The lowest BCUT2D eigenvalue weighted by Crippen LogP contribution is -2.44. The number of aromatic nitrogens is 3. The van der Waals surface area contributed by atoms with Gasteiger partial charge in [0.25, 0.3) is 5.91 Å². The van der Waals surface area contributed by atoms with Crippen molar-refractivity contribution in [2.45, 2.75) is 25.0 Å². The van der Waals surface area contributed by atoms with Crippen molar-refractivity contribution >= 4 is 38.7 Å². The highest BCUT2D eigenvalue weighted by atomic mass is 79.9. The van der Waals surface area contributed by atoms with E-state index in [-0.39, 0.29) is 22.7 Å². The van der Waals surface area contributed by atoms with Crippen LogP contribution < -0.4 is 5.73 Å². The van der Waals surface area contributed by atoms with E-state index in [1.165, 1.54) is 12.1 Å². The van der Waals surface area contributed by atoms with Gasteiger partial charge in [-0.05, 0) is 40.2 Å². The van der Waals surface area contributed by atoms with Gasteiger partial charge in [0.1, 0.15) is 5.82 Å². The molecule has 0 spiro atoms. The van der Waals surface area contributed by atoms with E-state index in [2.05, 4.69) is 35.6 Å². The number of nitrogens with zero attached hydrogens (tertiary/aromatic N) is 4. The number of halogens is 7. The van der Waals surface area contributed by atoms with Crippen LogP contribution in [0.15, 0.2) is 41.1 Å². The van der Waals surface area contributed by atoms with Gasteiger partial charge >= 0.3 is 12.4 Å². The van der Waals surface area contributed by atoms with E-state index >= 15 is 0 Å². The molecule has 3 aromatic heterocycles. The van der Waals surface area contributed by atoms with Crippen LogP contribution in [0, 0.1) is 0 Å². The summed E-state index contributed by atoms with van der Waals surface area (Å²) in [7, 11) is 0.836. The van der Waals surface area contributed by atoms with Gasteiger partial charge in [-0.25, -0.2) is 9.97 Å². The zero-order valence-electron chi connectivity index (χ0n) is 17.3. The maximum absolute atomic E-state index is 13.3. The first kappa shape index (κ1) is 25.6. The number of anilines is 1. The lowest BCUT2D eigenvalue weighted by atomic mass is 10.1. The standard InChI is InChI=1S/C20H16BrF6N5O2/c1-34-15(20(25,26)27)9-32(8-13-3-2-12(7-29-13)19(22,23)24)18(33)11-4-10-5-14(21)16(28)31-17(10)30-6-11/h2-7,15H,8-9H2,1H3,(H2,28,30,31)/t15-/m0/s1. The average molecular weight is 552 g/mol. The van der Waals surface area contributed by atoms with Crippen LogP contribution in [0.25, 0.3) is 11.0 Å². The van der Waals surface area contributed by atoms with Crippen LogP contribution in [0.1, 0.15) is 21.6 Å². The Balaban J connectivity index is 1.96. The molecule has 0 saturated heterocycles. The number of fused-ring (bicyclic) bond motifs is 1. The summed E-state index contributed by atoms with van der Waals surface area (Å²) in [5, 5.41) is 0.388. The quantitative estimate of drug-likeness (QED) is 0.450. The Bertz CT molecular complexity index is 1190. The summed E-state index contributed by atoms with van der Waals surface area (Å²) in [6.07, 6.45) is -10.1. The lowest BCUT2D eigenvalue weighted by Gasteiger charge is -2.28. The minimum Gasteiger partial charge on any atom is -0.383 e. The SMILES string of the molecule is CO[C@@H](CN(Cc1ccc(C(F)(F)F)cn1)C(=O)c1cnc2nc(N)c(Br)cc2c1)C(F)(F)F. The third-order valence-corrected chi connectivity index (χ3v) is 5.36. The topological polar surface area (TPSA) is 94.2 Å². The third kappa shape index (κ3) is 5.91. The summed E-state index contributed by atoms with van der Waals surface area (Å²) >= 11 is 3.19. The Morgan fingerprint density at radius 2 is 1.85 bits per heavy atom. The van der Waals surface area contributed by atoms with Crippen molar-refractivity contribution in [2.24, 2.45) is 0 Å². The van der Waals surface area contributed by atoms with Gasteiger partial charge in [-0.3, -0.25) is 9.78 Å². The highest BCUT2D eigenvalue weighted by molar-refractivity contribution is 9.10. The zero-order valence-corrected chi connectivity index (χ0v) is 18.9.